The van der Waals surface area contributed by atoms with Gasteiger partial charge in [-0.1, -0.05) is 12.1 Å². The standard InChI is InChI=1S/C16H18N4O7S/c1-25-13-8-14(26-2)19-12(18-13)9-17-16(22)20-28(23,24)11-7-5-4-6-10(11)15(21)27-3/h4-8H,9H2,1-3H3,(H2,17,20,22). The molecule has 2 rings (SSSR count). The highest BCUT2D eigenvalue weighted by atomic mass is 32.2. The highest BCUT2D eigenvalue weighted by Gasteiger charge is 2.24. The fourth-order valence-corrected chi connectivity index (χ4v) is 3.21. The number of ether oxygens (including phenoxy) is 3. The SMILES string of the molecule is COC(=O)c1ccccc1S(=O)(=O)NC(=O)NCc1nc(OC)cc(OC)n1. The molecule has 0 saturated carbocycles. The van der Waals surface area contributed by atoms with Gasteiger partial charge in [0.2, 0.25) is 11.8 Å². The van der Waals surface area contributed by atoms with Crippen LogP contribution in [0.1, 0.15) is 16.2 Å². The molecule has 0 saturated heterocycles. The second-order valence-electron chi connectivity index (χ2n) is 5.14. The Hall–Kier alpha value is -3.41. The number of methoxy groups -OCH3 is 3. The van der Waals surface area contributed by atoms with Gasteiger partial charge in [-0.3, -0.25) is 0 Å². The van der Waals surface area contributed by atoms with Crippen LogP contribution in [0.15, 0.2) is 35.2 Å². The summed E-state index contributed by atoms with van der Waals surface area (Å²) in [5.74, 6) is -0.288. The van der Waals surface area contributed by atoms with Crippen LogP contribution in [0.4, 0.5) is 4.79 Å². The molecule has 0 spiro atoms. The van der Waals surface area contributed by atoms with Gasteiger partial charge in [0.1, 0.15) is 4.90 Å². The number of benzene rings is 1. The Labute approximate surface area is 161 Å². The average molecular weight is 410 g/mol. The fraction of sp³-hybridized carbons (Fsp3) is 0.250. The molecule has 0 aliphatic carbocycles. The normalized spacial score (nSPS) is 10.7. The molecule has 2 N–H and O–H groups in total. The Kier molecular flexibility index (Phi) is 6.71. The maximum absolute atomic E-state index is 12.4. The summed E-state index contributed by atoms with van der Waals surface area (Å²) in [7, 11) is -0.409. The van der Waals surface area contributed by atoms with E-state index in [9.17, 15) is 18.0 Å². The third-order valence-electron chi connectivity index (χ3n) is 3.36. The van der Waals surface area contributed by atoms with Gasteiger partial charge < -0.3 is 19.5 Å². The second kappa shape index (κ2) is 8.99. The van der Waals surface area contributed by atoms with E-state index in [-0.39, 0.29) is 29.7 Å². The van der Waals surface area contributed by atoms with E-state index >= 15 is 0 Å². The molecule has 1 aromatic heterocycles. The summed E-state index contributed by atoms with van der Waals surface area (Å²) < 4.78 is 41.2. The van der Waals surface area contributed by atoms with Gasteiger partial charge in [-0.05, 0) is 12.1 Å². The van der Waals surface area contributed by atoms with E-state index in [0.29, 0.717) is 0 Å². The number of rotatable bonds is 7. The van der Waals surface area contributed by atoms with Crippen molar-refractivity contribution in [3.63, 3.8) is 0 Å². The lowest BCUT2D eigenvalue weighted by Gasteiger charge is -2.11. The largest absolute Gasteiger partial charge is 0.481 e. The van der Waals surface area contributed by atoms with Gasteiger partial charge in [-0.2, -0.15) is 9.97 Å². The first-order valence-corrected chi connectivity index (χ1v) is 9.23. The van der Waals surface area contributed by atoms with Crippen molar-refractivity contribution in [1.82, 2.24) is 20.0 Å². The second-order valence-corrected chi connectivity index (χ2v) is 6.80. The molecule has 150 valence electrons. The number of esters is 1. The summed E-state index contributed by atoms with van der Waals surface area (Å²) in [6.45, 7) is -0.201. The van der Waals surface area contributed by atoms with E-state index in [1.807, 2.05) is 4.72 Å². The quantitative estimate of drug-likeness (QED) is 0.622. The minimum atomic E-state index is -4.33. The van der Waals surface area contributed by atoms with Crippen LogP contribution in [0, 0.1) is 0 Å². The lowest BCUT2D eigenvalue weighted by Crippen LogP contribution is -2.39. The Balaban J connectivity index is 2.12. The third-order valence-corrected chi connectivity index (χ3v) is 4.75. The maximum atomic E-state index is 12.4. The van der Waals surface area contributed by atoms with Crippen molar-refractivity contribution >= 4 is 22.0 Å². The predicted molar refractivity (Wildman–Crippen MR) is 95.5 cm³/mol. The average Bonchev–Trinajstić information content (AvgIpc) is 2.71. The molecule has 1 aromatic carbocycles. The smallest absolute Gasteiger partial charge is 0.339 e. The number of hydrogen-bond donors (Lipinski definition) is 2. The molecule has 28 heavy (non-hydrogen) atoms. The molecule has 11 nitrogen and oxygen atoms in total. The molecule has 0 bridgehead atoms. The molecular weight excluding hydrogens is 392 g/mol. The van der Waals surface area contributed by atoms with Crippen molar-refractivity contribution in [2.45, 2.75) is 11.4 Å². The summed E-state index contributed by atoms with van der Waals surface area (Å²) in [6.07, 6.45) is 0. The van der Waals surface area contributed by atoms with E-state index in [2.05, 4.69) is 20.0 Å². The Morgan fingerprint density at radius 2 is 1.64 bits per heavy atom. The summed E-state index contributed by atoms with van der Waals surface area (Å²) in [5, 5.41) is 2.31. The number of nitrogens with one attached hydrogen (secondary N) is 2. The molecule has 12 heteroatoms. The number of sulfonamides is 1. The van der Waals surface area contributed by atoms with Gasteiger partial charge in [0, 0.05) is 0 Å². The lowest BCUT2D eigenvalue weighted by molar-refractivity contribution is 0.0596. The molecule has 2 aromatic rings. The third kappa shape index (κ3) is 5.07. The summed E-state index contributed by atoms with van der Waals surface area (Å²) in [5.41, 5.74) is -0.203. The van der Waals surface area contributed by atoms with Crippen molar-refractivity contribution in [2.75, 3.05) is 21.3 Å². The molecule has 0 radical (unpaired) electrons. The highest BCUT2D eigenvalue weighted by Crippen LogP contribution is 2.16. The molecule has 0 atom stereocenters. The molecule has 1 heterocycles. The van der Waals surface area contributed by atoms with Gasteiger partial charge in [0.05, 0.1) is 39.5 Å². The van der Waals surface area contributed by atoms with Crippen molar-refractivity contribution in [1.29, 1.82) is 0 Å². The zero-order chi connectivity index (χ0) is 20.7. The number of urea groups is 1. The molecule has 0 fully saturated rings. The van der Waals surface area contributed by atoms with Crippen LogP contribution in [-0.2, 0) is 21.3 Å². The van der Waals surface area contributed by atoms with Gasteiger partial charge in [-0.25, -0.2) is 22.7 Å². The van der Waals surface area contributed by atoms with Crippen molar-refractivity contribution in [3.8, 4) is 11.8 Å². The van der Waals surface area contributed by atoms with E-state index in [1.54, 1.807) is 0 Å². The minimum absolute atomic E-state index is 0.138. The van der Waals surface area contributed by atoms with Gasteiger partial charge in [0.25, 0.3) is 10.0 Å². The number of carbonyl (C=O) groups excluding carboxylic acids is 2. The first kappa shape index (κ1) is 20.9. The monoisotopic (exact) mass is 410 g/mol. The number of carbonyl (C=O) groups is 2. The fourth-order valence-electron chi connectivity index (χ4n) is 2.09. The van der Waals surface area contributed by atoms with Crippen LogP contribution in [-0.4, -0.2) is 51.7 Å². The van der Waals surface area contributed by atoms with Crippen molar-refractivity contribution < 1.29 is 32.2 Å². The number of hydrogen-bond acceptors (Lipinski definition) is 9. The van der Waals surface area contributed by atoms with E-state index in [0.717, 1.165) is 7.11 Å². The molecule has 0 aliphatic heterocycles. The van der Waals surface area contributed by atoms with E-state index in [1.165, 1.54) is 44.6 Å². The summed E-state index contributed by atoms with van der Waals surface area (Å²) in [6, 6.07) is 5.74. The van der Waals surface area contributed by atoms with Crippen LogP contribution in [0.25, 0.3) is 0 Å². The van der Waals surface area contributed by atoms with Crippen LogP contribution >= 0.6 is 0 Å². The summed E-state index contributed by atoms with van der Waals surface area (Å²) in [4.78, 5) is 31.4. The number of nitrogens with zero attached hydrogens (tertiary/aromatic N) is 2. The molecule has 2 amide bonds. The lowest BCUT2D eigenvalue weighted by atomic mass is 10.2. The zero-order valence-electron chi connectivity index (χ0n) is 15.3. The van der Waals surface area contributed by atoms with Crippen LogP contribution in [0.5, 0.6) is 11.8 Å². The van der Waals surface area contributed by atoms with Crippen molar-refractivity contribution in [2.24, 2.45) is 0 Å². The maximum Gasteiger partial charge on any atom is 0.339 e. The molecular formula is C16H18N4O7S. The summed E-state index contributed by atoms with van der Waals surface area (Å²) >= 11 is 0. The van der Waals surface area contributed by atoms with Crippen LogP contribution < -0.4 is 19.5 Å². The number of aromatic nitrogens is 2. The molecule has 0 aliphatic rings. The Morgan fingerprint density at radius 1 is 1.04 bits per heavy atom. The van der Waals surface area contributed by atoms with Crippen LogP contribution in [0.2, 0.25) is 0 Å². The first-order valence-electron chi connectivity index (χ1n) is 7.74. The van der Waals surface area contributed by atoms with E-state index in [4.69, 9.17) is 9.47 Å². The highest BCUT2D eigenvalue weighted by molar-refractivity contribution is 7.90. The Bertz CT molecular complexity index is 956. The molecule has 0 unspecified atom stereocenters. The minimum Gasteiger partial charge on any atom is -0.481 e. The predicted octanol–water partition coefficient (Wildman–Crippen LogP) is 0.468. The van der Waals surface area contributed by atoms with Crippen LogP contribution in [0.3, 0.4) is 0 Å². The Morgan fingerprint density at radius 3 is 2.21 bits per heavy atom. The topological polar surface area (TPSA) is 146 Å². The van der Waals surface area contributed by atoms with Gasteiger partial charge in [-0.15, -0.1) is 0 Å². The van der Waals surface area contributed by atoms with Gasteiger partial charge in [0.15, 0.2) is 5.82 Å². The van der Waals surface area contributed by atoms with E-state index < -0.39 is 26.9 Å². The van der Waals surface area contributed by atoms with Crippen molar-refractivity contribution in [3.05, 3.63) is 41.7 Å². The first-order chi connectivity index (χ1) is 13.3. The van der Waals surface area contributed by atoms with Gasteiger partial charge >= 0.3 is 12.0 Å². The number of amides is 2. The zero-order valence-corrected chi connectivity index (χ0v) is 16.1.